The van der Waals surface area contributed by atoms with Gasteiger partial charge in [-0.2, -0.15) is 0 Å². The molecule has 7 nitrogen and oxygen atoms in total. The molecule has 0 atom stereocenters. The second kappa shape index (κ2) is 7.56. The van der Waals surface area contributed by atoms with Crippen LogP contribution in [0.5, 0.6) is 0 Å². The van der Waals surface area contributed by atoms with Crippen molar-refractivity contribution >= 4 is 33.9 Å². The summed E-state index contributed by atoms with van der Waals surface area (Å²) in [5.74, 6) is -0.749. The Morgan fingerprint density at radius 1 is 1.28 bits per heavy atom. The second-order valence-electron chi connectivity index (χ2n) is 6.57. The van der Waals surface area contributed by atoms with E-state index in [9.17, 15) is 9.59 Å². The summed E-state index contributed by atoms with van der Waals surface area (Å²) in [6, 6.07) is 7.50. The van der Waals surface area contributed by atoms with Gasteiger partial charge >= 0.3 is 5.97 Å². The minimum atomic E-state index is -0.445. The highest BCUT2D eigenvalue weighted by molar-refractivity contribution is 7.15. The molecule has 0 radical (unpaired) electrons. The fraction of sp³-hybridized carbons (Fsp3) is 0.190. The minimum absolute atomic E-state index is 0.303. The number of carbonyl (C=O) groups is 2. The van der Waals surface area contributed by atoms with E-state index in [2.05, 4.69) is 15.3 Å². The Bertz CT molecular complexity index is 1170. The van der Waals surface area contributed by atoms with Crippen LogP contribution < -0.4 is 5.32 Å². The predicted octanol–water partition coefficient (Wildman–Crippen LogP) is 4.30. The normalized spacial score (nSPS) is 11.0. The monoisotopic (exact) mass is 408 g/mol. The number of methoxy groups -OCH3 is 1. The van der Waals surface area contributed by atoms with Gasteiger partial charge in [0.2, 0.25) is 0 Å². The number of benzene rings is 1. The van der Waals surface area contributed by atoms with Gasteiger partial charge < -0.3 is 15.0 Å². The summed E-state index contributed by atoms with van der Waals surface area (Å²) in [7, 11) is 1.33. The number of hydrogen-bond acceptors (Lipinski definition) is 5. The van der Waals surface area contributed by atoms with Crippen LogP contribution in [-0.4, -0.2) is 33.4 Å². The number of aromatic amines is 1. The van der Waals surface area contributed by atoms with Crippen molar-refractivity contribution < 1.29 is 14.3 Å². The van der Waals surface area contributed by atoms with Gasteiger partial charge in [-0.25, -0.2) is 9.78 Å². The van der Waals surface area contributed by atoms with E-state index < -0.39 is 5.97 Å². The lowest BCUT2D eigenvalue weighted by atomic mass is 10.1. The summed E-state index contributed by atoms with van der Waals surface area (Å²) < 4.78 is 6.82. The number of fused-ring (bicyclic) bond motifs is 1. The number of aromatic nitrogens is 3. The number of imidazole rings is 1. The third-order valence-corrected chi connectivity index (χ3v) is 5.60. The smallest absolute Gasteiger partial charge is 0.339 e. The molecule has 0 saturated carbocycles. The van der Waals surface area contributed by atoms with Crippen LogP contribution in [0.1, 0.15) is 39.0 Å². The molecular weight excluding hydrogens is 388 g/mol. The highest BCUT2D eigenvalue weighted by atomic mass is 32.1. The lowest BCUT2D eigenvalue weighted by Gasteiger charge is -2.06. The largest absolute Gasteiger partial charge is 0.465 e. The van der Waals surface area contributed by atoms with Crippen molar-refractivity contribution in [1.29, 1.82) is 0 Å². The number of ether oxygens (including phenoxy) is 1. The number of carbonyl (C=O) groups excluding carboxylic acids is 2. The van der Waals surface area contributed by atoms with Gasteiger partial charge in [-0.1, -0.05) is 19.1 Å². The molecule has 0 fully saturated rings. The highest BCUT2D eigenvalue weighted by Gasteiger charge is 2.23. The number of hydrogen-bond donors (Lipinski definition) is 2. The summed E-state index contributed by atoms with van der Waals surface area (Å²) in [6.45, 7) is 3.66. The maximum Gasteiger partial charge on any atom is 0.339 e. The summed E-state index contributed by atoms with van der Waals surface area (Å²) >= 11 is 1.58. The topological polar surface area (TPSA) is 88.5 Å². The van der Waals surface area contributed by atoms with Gasteiger partial charge in [0, 0.05) is 34.7 Å². The number of nitrogens with one attached hydrogen (secondary N) is 2. The molecule has 29 heavy (non-hydrogen) atoms. The zero-order chi connectivity index (χ0) is 20.5. The summed E-state index contributed by atoms with van der Waals surface area (Å²) in [4.78, 5) is 33.4. The van der Waals surface area contributed by atoms with Crippen LogP contribution >= 0.6 is 11.3 Å². The second-order valence-corrected chi connectivity index (χ2v) is 7.45. The van der Waals surface area contributed by atoms with Gasteiger partial charge in [-0.3, -0.25) is 9.20 Å². The zero-order valence-electron chi connectivity index (χ0n) is 16.3. The molecular formula is C21H20N4O3S. The third kappa shape index (κ3) is 3.42. The van der Waals surface area contributed by atoms with Crippen LogP contribution in [0, 0.1) is 6.92 Å². The standard InChI is InChI=1S/C21H20N4O3S/c1-4-15-17(20(27)28-3)12(2)18(23-15)19(26)22-14-7-5-13(6-8-14)16-11-25-9-10-29-21(25)24-16/h5-11,23H,4H2,1-3H3,(H,22,26). The number of H-pyrrole nitrogens is 1. The Morgan fingerprint density at radius 3 is 2.69 bits per heavy atom. The van der Waals surface area contributed by atoms with Crippen LogP contribution in [0.2, 0.25) is 0 Å². The molecule has 0 saturated heterocycles. The Balaban J connectivity index is 1.55. The molecule has 8 heteroatoms. The maximum atomic E-state index is 12.8. The molecule has 0 bridgehead atoms. The zero-order valence-corrected chi connectivity index (χ0v) is 17.1. The fourth-order valence-corrected chi connectivity index (χ4v) is 4.01. The van der Waals surface area contributed by atoms with Crippen molar-refractivity contribution in [1.82, 2.24) is 14.4 Å². The molecule has 1 amide bonds. The van der Waals surface area contributed by atoms with E-state index in [-0.39, 0.29) is 5.91 Å². The van der Waals surface area contributed by atoms with Crippen molar-refractivity contribution in [2.45, 2.75) is 20.3 Å². The molecule has 0 spiro atoms. The number of esters is 1. The first-order valence-electron chi connectivity index (χ1n) is 9.15. The third-order valence-electron chi connectivity index (χ3n) is 4.83. The van der Waals surface area contributed by atoms with Gasteiger partial charge in [0.1, 0.15) is 5.69 Å². The number of rotatable bonds is 5. The lowest BCUT2D eigenvalue weighted by Crippen LogP contribution is -2.14. The molecule has 2 N–H and O–H groups in total. The molecule has 4 aromatic rings. The fourth-order valence-electron chi connectivity index (χ4n) is 3.31. The molecule has 3 heterocycles. The van der Waals surface area contributed by atoms with Crippen LogP contribution in [0.25, 0.3) is 16.2 Å². The Kier molecular flexibility index (Phi) is 4.94. The van der Waals surface area contributed by atoms with E-state index in [0.29, 0.717) is 34.6 Å². The minimum Gasteiger partial charge on any atom is -0.465 e. The summed E-state index contributed by atoms with van der Waals surface area (Å²) in [6.07, 6.45) is 4.54. The van der Waals surface area contributed by atoms with Crippen molar-refractivity contribution in [3.05, 3.63) is 64.6 Å². The molecule has 3 aromatic heterocycles. The van der Waals surface area contributed by atoms with Gasteiger partial charge in [0.15, 0.2) is 4.96 Å². The quantitative estimate of drug-likeness (QED) is 0.482. The van der Waals surface area contributed by atoms with Crippen LogP contribution in [-0.2, 0) is 11.2 Å². The molecule has 0 aliphatic carbocycles. The molecule has 0 aliphatic heterocycles. The average molecular weight is 408 g/mol. The van der Waals surface area contributed by atoms with Crippen molar-refractivity contribution in [3.63, 3.8) is 0 Å². The van der Waals surface area contributed by atoms with Gasteiger partial charge in [0.05, 0.1) is 18.4 Å². The summed E-state index contributed by atoms with van der Waals surface area (Å²) in [5, 5.41) is 4.86. The van der Waals surface area contributed by atoms with Crippen molar-refractivity contribution in [2.75, 3.05) is 12.4 Å². The lowest BCUT2D eigenvalue weighted by molar-refractivity contribution is 0.0599. The maximum absolute atomic E-state index is 12.8. The van der Waals surface area contributed by atoms with Crippen molar-refractivity contribution in [3.8, 4) is 11.3 Å². The van der Waals surface area contributed by atoms with E-state index in [1.807, 2.05) is 53.4 Å². The Hall–Kier alpha value is -3.39. The van der Waals surface area contributed by atoms with Gasteiger partial charge in [-0.05, 0) is 31.0 Å². The first kappa shape index (κ1) is 18.9. The van der Waals surface area contributed by atoms with Gasteiger partial charge in [0.25, 0.3) is 5.91 Å². The van der Waals surface area contributed by atoms with Crippen LogP contribution in [0.3, 0.4) is 0 Å². The molecule has 4 rings (SSSR count). The number of thiazole rings is 1. The van der Waals surface area contributed by atoms with E-state index >= 15 is 0 Å². The Morgan fingerprint density at radius 2 is 2.03 bits per heavy atom. The molecule has 148 valence electrons. The van der Waals surface area contributed by atoms with E-state index in [1.165, 1.54) is 7.11 Å². The summed E-state index contributed by atoms with van der Waals surface area (Å²) in [5.41, 5.74) is 4.57. The molecule has 0 unspecified atom stereocenters. The van der Waals surface area contributed by atoms with Crippen LogP contribution in [0.15, 0.2) is 42.0 Å². The van der Waals surface area contributed by atoms with E-state index in [1.54, 1.807) is 18.3 Å². The van der Waals surface area contributed by atoms with Gasteiger partial charge in [-0.15, -0.1) is 11.3 Å². The predicted molar refractivity (Wildman–Crippen MR) is 113 cm³/mol. The highest BCUT2D eigenvalue weighted by Crippen LogP contribution is 2.24. The molecule has 0 aliphatic rings. The van der Waals surface area contributed by atoms with E-state index in [4.69, 9.17) is 4.74 Å². The number of amides is 1. The van der Waals surface area contributed by atoms with Crippen molar-refractivity contribution in [2.24, 2.45) is 0 Å². The van der Waals surface area contributed by atoms with Crippen LogP contribution in [0.4, 0.5) is 5.69 Å². The average Bonchev–Trinajstić information content (AvgIpc) is 3.41. The number of aryl methyl sites for hydroxylation is 1. The first-order chi connectivity index (χ1) is 14.0. The first-order valence-corrected chi connectivity index (χ1v) is 10.0. The number of nitrogens with zero attached hydrogens (tertiary/aromatic N) is 2. The molecule has 1 aromatic carbocycles. The Labute approximate surface area is 171 Å². The number of anilines is 1. The van der Waals surface area contributed by atoms with E-state index in [0.717, 1.165) is 16.2 Å². The SMILES string of the molecule is CCc1[nH]c(C(=O)Nc2ccc(-c3cn4ccsc4n3)cc2)c(C)c1C(=O)OC.